The van der Waals surface area contributed by atoms with Crippen LogP contribution < -0.4 is 0 Å². The maximum absolute atomic E-state index is 6.16. The minimum absolute atomic E-state index is 0.0861. The molecule has 0 aliphatic rings. The van der Waals surface area contributed by atoms with Gasteiger partial charge in [-0.3, -0.25) is 0 Å². The minimum Gasteiger partial charge on any atom is -0.223 e. The van der Waals surface area contributed by atoms with Gasteiger partial charge in [-0.1, -0.05) is 29.3 Å². The Bertz CT molecular complexity index is 754. The van der Waals surface area contributed by atoms with Crippen LogP contribution in [0.5, 0.6) is 0 Å². The van der Waals surface area contributed by atoms with Crippen molar-refractivity contribution >= 4 is 34.8 Å². The minimum atomic E-state index is 0.0861. The molecule has 0 saturated heterocycles. The first kappa shape index (κ1) is 14.2. The highest BCUT2D eigenvalue weighted by molar-refractivity contribution is 6.36. The first-order valence-electron chi connectivity index (χ1n) is 5.83. The van der Waals surface area contributed by atoms with Crippen LogP contribution in [0.3, 0.4) is 0 Å². The van der Waals surface area contributed by atoms with Gasteiger partial charge in [0.2, 0.25) is 5.28 Å². The van der Waals surface area contributed by atoms with Gasteiger partial charge in [-0.2, -0.15) is 4.98 Å². The Balaban J connectivity index is 2.00. The van der Waals surface area contributed by atoms with Gasteiger partial charge in [0.15, 0.2) is 12.1 Å². The molecule has 0 aliphatic carbocycles. The van der Waals surface area contributed by atoms with Crippen molar-refractivity contribution in [1.29, 1.82) is 0 Å². The molecule has 9 heteroatoms. The second-order valence-corrected chi connectivity index (χ2v) is 5.24. The van der Waals surface area contributed by atoms with E-state index in [-0.39, 0.29) is 5.28 Å². The van der Waals surface area contributed by atoms with E-state index in [1.165, 1.54) is 11.1 Å². The molecule has 21 heavy (non-hydrogen) atoms. The molecular formula is C12H7Cl3N6. The first-order valence-corrected chi connectivity index (χ1v) is 6.96. The maximum atomic E-state index is 6.16. The lowest BCUT2D eigenvalue weighted by molar-refractivity contribution is 0.695. The van der Waals surface area contributed by atoms with Crippen LogP contribution in [0.2, 0.25) is 15.3 Å². The summed E-state index contributed by atoms with van der Waals surface area (Å²) in [5.41, 5.74) is 1.42. The number of hydrogen-bond acceptors (Lipinski definition) is 5. The zero-order chi connectivity index (χ0) is 14.8. The number of tetrazole rings is 1. The van der Waals surface area contributed by atoms with Gasteiger partial charge < -0.3 is 0 Å². The fourth-order valence-electron chi connectivity index (χ4n) is 1.80. The number of nitrogens with zero attached hydrogens (tertiary/aromatic N) is 6. The summed E-state index contributed by atoms with van der Waals surface area (Å²) < 4.78 is 0. The summed E-state index contributed by atoms with van der Waals surface area (Å²) in [7, 11) is 0. The van der Waals surface area contributed by atoms with Gasteiger partial charge in [-0.05, 0) is 34.5 Å². The predicted molar refractivity (Wildman–Crippen MR) is 79.0 cm³/mol. The number of aromatic nitrogens is 6. The number of hydrogen-bond donors (Lipinski definition) is 0. The SMILES string of the molecule is Clc1nc(Cc2c(Cl)cccc2Cl)cc(-n2ncnn2)n1. The summed E-state index contributed by atoms with van der Waals surface area (Å²) in [6.07, 6.45) is 1.73. The molecule has 0 fully saturated rings. The third-order valence-corrected chi connectivity index (χ3v) is 3.59. The average Bonchev–Trinajstić information content (AvgIpc) is 2.97. The van der Waals surface area contributed by atoms with Crippen LogP contribution in [0, 0.1) is 0 Å². The summed E-state index contributed by atoms with van der Waals surface area (Å²) in [6.45, 7) is 0. The Morgan fingerprint density at radius 3 is 2.48 bits per heavy atom. The smallest absolute Gasteiger partial charge is 0.223 e. The normalized spacial score (nSPS) is 10.8. The third kappa shape index (κ3) is 3.12. The molecular weight excluding hydrogens is 335 g/mol. The van der Waals surface area contributed by atoms with Crippen molar-refractivity contribution in [3.8, 4) is 5.82 Å². The van der Waals surface area contributed by atoms with E-state index in [9.17, 15) is 0 Å². The van der Waals surface area contributed by atoms with E-state index < -0.39 is 0 Å². The topological polar surface area (TPSA) is 69.4 Å². The average molecular weight is 342 g/mol. The zero-order valence-corrected chi connectivity index (χ0v) is 12.7. The zero-order valence-electron chi connectivity index (χ0n) is 10.4. The summed E-state index contributed by atoms with van der Waals surface area (Å²) in [6, 6.07) is 7.02. The standard InChI is InChI=1S/C12H7Cl3N6/c13-9-2-1-3-10(14)8(9)4-7-5-11(19-12(15)18-7)21-17-6-16-20-21/h1-3,5-6H,4H2. The molecule has 0 radical (unpaired) electrons. The van der Waals surface area contributed by atoms with Crippen LogP contribution in [0.25, 0.3) is 5.82 Å². The lowest BCUT2D eigenvalue weighted by Crippen LogP contribution is -2.05. The Kier molecular flexibility index (Phi) is 4.01. The lowest BCUT2D eigenvalue weighted by atomic mass is 10.1. The molecule has 0 N–H and O–H groups in total. The van der Waals surface area contributed by atoms with Crippen LogP contribution in [-0.4, -0.2) is 30.2 Å². The van der Waals surface area contributed by atoms with Crippen LogP contribution in [0.1, 0.15) is 11.3 Å². The highest BCUT2D eigenvalue weighted by Crippen LogP contribution is 2.26. The summed E-state index contributed by atoms with van der Waals surface area (Å²) in [5.74, 6) is 0.422. The Labute approximate surface area is 134 Å². The highest BCUT2D eigenvalue weighted by Gasteiger charge is 2.11. The molecule has 0 saturated carbocycles. The van der Waals surface area contributed by atoms with Gasteiger partial charge in [0.25, 0.3) is 0 Å². The Hall–Kier alpha value is -1.76. The van der Waals surface area contributed by atoms with E-state index in [2.05, 4.69) is 25.4 Å². The molecule has 2 aromatic heterocycles. The fraction of sp³-hybridized carbons (Fsp3) is 0.0833. The number of halogens is 3. The second kappa shape index (κ2) is 5.93. The van der Waals surface area contributed by atoms with Crippen molar-refractivity contribution < 1.29 is 0 Å². The maximum Gasteiger partial charge on any atom is 0.224 e. The predicted octanol–water partition coefficient (Wildman–Crippen LogP) is 3.00. The summed E-state index contributed by atoms with van der Waals surface area (Å²) >= 11 is 18.3. The van der Waals surface area contributed by atoms with Gasteiger partial charge in [-0.15, -0.1) is 15.0 Å². The molecule has 3 rings (SSSR count). The van der Waals surface area contributed by atoms with Crippen molar-refractivity contribution in [2.45, 2.75) is 6.42 Å². The van der Waals surface area contributed by atoms with E-state index in [4.69, 9.17) is 34.8 Å². The van der Waals surface area contributed by atoms with Crippen molar-refractivity contribution in [2.75, 3.05) is 0 Å². The van der Waals surface area contributed by atoms with Crippen molar-refractivity contribution in [2.24, 2.45) is 0 Å². The van der Waals surface area contributed by atoms with Crippen LogP contribution >= 0.6 is 34.8 Å². The lowest BCUT2D eigenvalue weighted by Gasteiger charge is -2.07. The fourth-order valence-corrected chi connectivity index (χ4v) is 2.53. The largest absolute Gasteiger partial charge is 0.224 e. The van der Waals surface area contributed by atoms with Gasteiger partial charge in [0, 0.05) is 22.5 Å². The Morgan fingerprint density at radius 2 is 1.81 bits per heavy atom. The van der Waals surface area contributed by atoms with Crippen LogP contribution in [-0.2, 0) is 6.42 Å². The van der Waals surface area contributed by atoms with E-state index in [1.54, 1.807) is 24.3 Å². The first-order chi connectivity index (χ1) is 10.1. The third-order valence-electron chi connectivity index (χ3n) is 2.71. The van der Waals surface area contributed by atoms with Gasteiger partial charge in [0.05, 0.1) is 5.69 Å². The molecule has 106 valence electrons. The second-order valence-electron chi connectivity index (χ2n) is 4.09. The molecule has 0 spiro atoms. The van der Waals surface area contributed by atoms with Crippen molar-refractivity contribution in [3.63, 3.8) is 0 Å². The monoisotopic (exact) mass is 340 g/mol. The van der Waals surface area contributed by atoms with Gasteiger partial charge in [-0.25, -0.2) is 4.98 Å². The van der Waals surface area contributed by atoms with E-state index >= 15 is 0 Å². The molecule has 6 nitrogen and oxygen atoms in total. The van der Waals surface area contributed by atoms with E-state index in [1.807, 2.05) is 0 Å². The quantitative estimate of drug-likeness (QED) is 0.685. The van der Waals surface area contributed by atoms with Crippen LogP contribution in [0.15, 0.2) is 30.6 Å². The Morgan fingerprint density at radius 1 is 1.05 bits per heavy atom. The van der Waals surface area contributed by atoms with Crippen molar-refractivity contribution in [3.05, 3.63) is 57.2 Å². The van der Waals surface area contributed by atoms with E-state index in [0.29, 0.717) is 28.0 Å². The van der Waals surface area contributed by atoms with Gasteiger partial charge >= 0.3 is 0 Å². The molecule has 3 aromatic rings. The van der Waals surface area contributed by atoms with Crippen molar-refractivity contribution in [1.82, 2.24) is 30.2 Å². The van der Waals surface area contributed by atoms with E-state index in [0.717, 1.165) is 5.56 Å². The summed E-state index contributed by atoms with van der Waals surface area (Å²) in [5, 5.41) is 12.5. The van der Waals surface area contributed by atoms with Crippen LogP contribution in [0.4, 0.5) is 0 Å². The molecule has 0 bridgehead atoms. The molecule has 0 unspecified atom stereocenters. The molecule has 0 aliphatic heterocycles. The van der Waals surface area contributed by atoms with Gasteiger partial charge in [0.1, 0.15) is 0 Å². The molecule has 0 atom stereocenters. The molecule has 0 amide bonds. The highest BCUT2D eigenvalue weighted by atomic mass is 35.5. The molecule has 1 aromatic carbocycles. The summed E-state index contributed by atoms with van der Waals surface area (Å²) in [4.78, 5) is 9.47. The molecule has 2 heterocycles. The number of rotatable bonds is 3. The number of benzene rings is 1.